The van der Waals surface area contributed by atoms with Crippen molar-refractivity contribution in [1.82, 2.24) is 4.90 Å². The third-order valence-electron chi connectivity index (χ3n) is 3.27. The fraction of sp³-hybridized carbons (Fsp3) is 0.462. The van der Waals surface area contributed by atoms with Crippen molar-refractivity contribution < 1.29 is 18.7 Å². The number of nitrogen functional groups attached to an aromatic ring is 1. The van der Waals surface area contributed by atoms with E-state index in [0.717, 1.165) is 18.6 Å². The lowest BCUT2D eigenvalue weighted by atomic mass is 9.88. The quantitative estimate of drug-likeness (QED) is 0.819. The number of aliphatic hydroxyl groups is 1. The van der Waals surface area contributed by atoms with Crippen LogP contribution in [0.4, 0.5) is 14.5 Å². The highest BCUT2D eigenvalue weighted by atomic mass is 19.1. The first-order valence-electron chi connectivity index (χ1n) is 6.12. The van der Waals surface area contributed by atoms with Gasteiger partial charge in [-0.1, -0.05) is 13.3 Å². The first-order valence-corrected chi connectivity index (χ1v) is 6.12. The van der Waals surface area contributed by atoms with E-state index in [4.69, 9.17) is 5.73 Å². The minimum absolute atomic E-state index is 0.134. The Morgan fingerprint density at radius 3 is 2.68 bits per heavy atom. The Balaban J connectivity index is 2.15. The van der Waals surface area contributed by atoms with Crippen molar-refractivity contribution in [1.29, 1.82) is 0 Å². The Morgan fingerprint density at radius 2 is 2.11 bits per heavy atom. The Hall–Kier alpha value is -1.69. The number of carbonyl (C=O) groups is 1. The Morgan fingerprint density at radius 1 is 1.47 bits per heavy atom. The molecule has 0 atom stereocenters. The van der Waals surface area contributed by atoms with Crippen LogP contribution >= 0.6 is 0 Å². The van der Waals surface area contributed by atoms with Gasteiger partial charge in [-0.25, -0.2) is 8.78 Å². The van der Waals surface area contributed by atoms with E-state index >= 15 is 0 Å². The second-order valence-electron chi connectivity index (χ2n) is 4.99. The van der Waals surface area contributed by atoms with Crippen molar-refractivity contribution in [2.45, 2.75) is 25.4 Å². The van der Waals surface area contributed by atoms with Crippen LogP contribution in [0.3, 0.4) is 0 Å². The van der Waals surface area contributed by atoms with Crippen LogP contribution in [-0.2, 0) is 0 Å². The van der Waals surface area contributed by atoms with Crippen LogP contribution in [0.5, 0.6) is 0 Å². The summed E-state index contributed by atoms with van der Waals surface area (Å²) in [7, 11) is 0. The molecule has 1 aliphatic heterocycles. The predicted octanol–water partition coefficient (Wildman–Crippen LogP) is 1.53. The molecule has 1 fully saturated rings. The van der Waals surface area contributed by atoms with E-state index in [1.165, 1.54) is 4.90 Å². The number of hydrogen-bond acceptors (Lipinski definition) is 3. The van der Waals surface area contributed by atoms with E-state index in [9.17, 15) is 18.7 Å². The first kappa shape index (κ1) is 13.7. The molecule has 1 aromatic carbocycles. The van der Waals surface area contributed by atoms with Gasteiger partial charge in [-0.15, -0.1) is 0 Å². The van der Waals surface area contributed by atoms with Crippen molar-refractivity contribution in [3.63, 3.8) is 0 Å². The van der Waals surface area contributed by atoms with Gasteiger partial charge >= 0.3 is 0 Å². The lowest BCUT2D eigenvalue weighted by Crippen LogP contribution is -2.63. The largest absolute Gasteiger partial charge is 0.396 e. The van der Waals surface area contributed by atoms with E-state index < -0.39 is 34.4 Å². The minimum Gasteiger partial charge on any atom is -0.396 e. The van der Waals surface area contributed by atoms with Gasteiger partial charge in [0.2, 0.25) is 0 Å². The van der Waals surface area contributed by atoms with Gasteiger partial charge in [0.15, 0.2) is 5.82 Å². The topological polar surface area (TPSA) is 66.6 Å². The number of halogens is 2. The molecule has 0 spiro atoms. The molecule has 4 nitrogen and oxygen atoms in total. The van der Waals surface area contributed by atoms with Crippen LogP contribution < -0.4 is 5.73 Å². The molecule has 0 saturated carbocycles. The number of nitrogens with zero attached hydrogens (tertiary/aromatic N) is 1. The summed E-state index contributed by atoms with van der Waals surface area (Å²) in [5.41, 5.74) is 3.59. The molecule has 1 aliphatic rings. The Kier molecular flexibility index (Phi) is 3.45. The normalized spacial score (nSPS) is 17.2. The summed E-state index contributed by atoms with van der Waals surface area (Å²) in [4.78, 5) is 13.3. The Bertz CT molecular complexity index is 514. The van der Waals surface area contributed by atoms with Crippen LogP contribution in [0.1, 0.15) is 30.1 Å². The number of rotatable bonds is 3. The van der Waals surface area contributed by atoms with Gasteiger partial charge in [0.1, 0.15) is 5.82 Å². The second kappa shape index (κ2) is 4.77. The average molecular weight is 270 g/mol. The van der Waals surface area contributed by atoms with Crippen LogP contribution in [0.2, 0.25) is 0 Å². The summed E-state index contributed by atoms with van der Waals surface area (Å²) < 4.78 is 26.9. The van der Waals surface area contributed by atoms with Gasteiger partial charge in [-0.05, 0) is 18.6 Å². The van der Waals surface area contributed by atoms with Gasteiger partial charge in [-0.3, -0.25) is 4.79 Å². The van der Waals surface area contributed by atoms with Crippen LogP contribution in [0.15, 0.2) is 12.1 Å². The molecule has 1 aromatic rings. The van der Waals surface area contributed by atoms with Gasteiger partial charge in [-0.2, -0.15) is 0 Å². The highest BCUT2D eigenvalue weighted by Crippen LogP contribution is 2.28. The third kappa shape index (κ3) is 2.53. The van der Waals surface area contributed by atoms with Gasteiger partial charge in [0.25, 0.3) is 5.91 Å². The maximum Gasteiger partial charge on any atom is 0.257 e. The fourth-order valence-electron chi connectivity index (χ4n) is 2.37. The number of likely N-dealkylation sites (tertiary alicyclic amines) is 1. The van der Waals surface area contributed by atoms with Crippen molar-refractivity contribution in [2.75, 3.05) is 18.8 Å². The molecule has 19 heavy (non-hydrogen) atoms. The van der Waals surface area contributed by atoms with Crippen LogP contribution in [0.25, 0.3) is 0 Å². The summed E-state index contributed by atoms with van der Waals surface area (Å²) >= 11 is 0. The summed E-state index contributed by atoms with van der Waals surface area (Å²) in [6.45, 7) is 2.19. The maximum atomic E-state index is 13.7. The molecule has 6 heteroatoms. The lowest BCUT2D eigenvalue weighted by molar-refractivity contribution is -0.0861. The summed E-state index contributed by atoms with van der Waals surface area (Å²) in [5, 5.41) is 9.97. The van der Waals surface area contributed by atoms with E-state index in [2.05, 4.69) is 0 Å². The SMILES string of the molecule is CCCC1(O)CN(C(=O)c2cc(F)cc(N)c2F)C1. The average Bonchev–Trinajstić information content (AvgIpc) is 2.30. The zero-order valence-electron chi connectivity index (χ0n) is 10.6. The minimum atomic E-state index is -0.919. The molecule has 0 bridgehead atoms. The molecule has 1 saturated heterocycles. The fourth-order valence-corrected chi connectivity index (χ4v) is 2.37. The monoisotopic (exact) mass is 270 g/mol. The van der Waals surface area contributed by atoms with E-state index in [1.54, 1.807) is 0 Å². The van der Waals surface area contributed by atoms with Crippen molar-refractivity contribution in [2.24, 2.45) is 0 Å². The molecular weight excluding hydrogens is 254 g/mol. The van der Waals surface area contributed by atoms with Crippen molar-refractivity contribution >= 4 is 11.6 Å². The smallest absolute Gasteiger partial charge is 0.257 e. The Labute approximate surface area is 109 Å². The number of hydrogen-bond donors (Lipinski definition) is 2. The van der Waals surface area contributed by atoms with Gasteiger partial charge in [0.05, 0.1) is 29.9 Å². The molecule has 0 radical (unpaired) electrons. The van der Waals surface area contributed by atoms with E-state index in [0.29, 0.717) is 6.42 Å². The number of β-amino-alcohol motifs (C(OH)–C–C–N with tert-alkyl or cyclic N) is 1. The molecular formula is C13H16F2N2O2. The zero-order chi connectivity index (χ0) is 14.2. The highest BCUT2D eigenvalue weighted by molar-refractivity contribution is 5.96. The van der Waals surface area contributed by atoms with Gasteiger partial charge in [0, 0.05) is 0 Å². The molecule has 104 valence electrons. The summed E-state index contributed by atoms with van der Waals surface area (Å²) in [5.74, 6) is -2.33. The number of nitrogens with two attached hydrogens (primary N) is 1. The molecule has 1 heterocycles. The molecule has 0 aromatic heterocycles. The third-order valence-corrected chi connectivity index (χ3v) is 3.27. The predicted molar refractivity (Wildman–Crippen MR) is 66.5 cm³/mol. The number of carbonyl (C=O) groups excluding carboxylic acids is 1. The van der Waals surface area contributed by atoms with Gasteiger partial charge < -0.3 is 15.7 Å². The van der Waals surface area contributed by atoms with Crippen LogP contribution in [0, 0.1) is 11.6 Å². The van der Waals surface area contributed by atoms with E-state index in [-0.39, 0.29) is 13.1 Å². The molecule has 0 unspecified atom stereocenters. The van der Waals surface area contributed by atoms with E-state index in [1.807, 2.05) is 6.92 Å². The molecule has 1 amide bonds. The summed E-state index contributed by atoms with van der Waals surface area (Å²) in [6, 6.07) is 1.65. The number of benzene rings is 1. The first-order chi connectivity index (χ1) is 8.86. The zero-order valence-corrected chi connectivity index (χ0v) is 10.6. The van der Waals surface area contributed by atoms with Crippen molar-refractivity contribution in [3.05, 3.63) is 29.3 Å². The van der Waals surface area contributed by atoms with Crippen LogP contribution in [-0.4, -0.2) is 34.6 Å². The molecule has 0 aliphatic carbocycles. The molecule has 2 rings (SSSR count). The summed E-state index contributed by atoms with van der Waals surface area (Å²) in [6.07, 6.45) is 1.37. The highest BCUT2D eigenvalue weighted by Gasteiger charge is 2.43. The number of anilines is 1. The standard InChI is InChI=1S/C13H16F2N2O2/c1-2-3-13(19)6-17(7-13)12(18)9-4-8(14)5-10(16)11(9)15/h4-5,19H,2-3,6-7,16H2,1H3. The van der Waals surface area contributed by atoms with Crippen molar-refractivity contribution in [3.8, 4) is 0 Å². The number of amides is 1. The molecule has 3 N–H and O–H groups in total. The lowest BCUT2D eigenvalue weighted by Gasteiger charge is -2.46. The second-order valence-corrected chi connectivity index (χ2v) is 4.99. The maximum absolute atomic E-state index is 13.7.